The lowest BCUT2D eigenvalue weighted by Crippen LogP contribution is -2.28. The second-order valence-electron chi connectivity index (χ2n) is 3.63. The van der Waals surface area contributed by atoms with Gasteiger partial charge in [0.1, 0.15) is 0 Å². The monoisotopic (exact) mass is 155 g/mol. The number of aliphatic hydroxyl groups is 1. The summed E-state index contributed by atoms with van der Waals surface area (Å²) in [7, 11) is 0. The molecule has 0 heterocycles. The first-order valence-corrected chi connectivity index (χ1v) is 4.08. The lowest BCUT2D eigenvalue weighted by atomic mass is 9.86. The predicted octanol–water partition coefficient (Wildman–Crippen LogP) is 1.80. The Bertz CT molecular complexity index is 146. The van der Waals surface area contributed by atoms with Crippen molar-refractivity contribution < 1.29 is 5.11 Å². The van der Waals surface area contributed by atoms with Crippen molar-refractivity contribution >= 4 is 0 Å². The van der Waals surface area contributed by atoms with E-state index in [2.05, 4.69) is 6.07 Å². The van der Waals surface area contributed by atoms with Gasteiger partial charge in [-0.2, -0.15) is 5.26 Å². The van der Waals surface area contributed by atoms with Crippen LogP contribution in [0.1, 0.15) is 27.7 Å². The Balaban J connectivity index is 4.17. The Morgan fingerprint density at radius 1 is 1.09 bits per heavy atom. The van der Waals surface area contributed by atoms with Gasteiger partial charge in [0.25, 0.3) is 0 Å². The fraction of sp³-hybridized carbons (Fsp3) is 0.889. The normalized spacial score (nSPS) is 16.5. The molecule has 0 aromatic carbocycles. The standard InChI is InChI=1S/C9H17NO/c1-6(2)8(5-10)9(11)7(3)4/h6-9,11H,1-4H3. The van der Waals surface area contributed by atoms with Crippen molar-refractivity contribution in [3.05, 3.63) is 0 Å². The molecule has 1 N–H and O–H groups in total. The van der Waals surface area contributed by atoms with Crippen LogP contribution in [0.2, 0.25) is 0 Å². The quantitative estimate of drug-likeness (QED) is 0.675. The summed E-state index contributed by atoms with van der Waals surface area (Å²) in [5.41, 5.74) is 0. The van der Waals surface area contributed by atoms with Crippen LogP contribution in [0.5, 0.6) is 0 Å². The van der Waals surface area contributed by atoms with Crippen LogP contribution in [0.25, 0.3) is 0 Å². The van der Waals surface area contributed by atoms with E-state index in [1.807, 2.05) is 27.7 Å². The van der Waals surface area contributed by atoms with Gasteiger partial charge in [0.05, 0.1) is 18.1 Å². The average molecular weight is 155 g/mol. The van der Waals surface area contributed by atoms with E-state index in [0.717, 1.165) is 0 Å². The summed E-state index contributed by atoms with van der Waals surface area (Å²) < 4.78 is 0. The Hall–Kier alpha value is -0.550. The summed E-state index contributed by atoms with van der Waals surface area (Å²) in [5.74, 6) is 0.175. The van der Waals surface area contributed by atoms with Gasteiger partial charge in [-0.15, -0.1) is 0 Å². The SMILES string of the molecule is CC(C)C(O)C(C#N)C(C)C. The maximum Gasteiger partial charge on any atom is 0.0748 e. The molecule has 0 bridgehead atoms. The van der Waals surface area contributed by atoms with E-state index < -0.39 is 6.10 Å². The second-order valence-corrected chi connectivity index (χ2v) is 3.63. The molecular weight excluding hydrogens is 138 g/mol. The van der Waals surface area contributed by atoms with Gasteiger partial charge in [-0.25, -0.2) is 0 Å². The maximum atomic E-state index is 9.53. The summed E-state index contributed by atoms with van der Waals surface area (Å²) >= 11 is 0. The van der Waals surface area contributed by atoms with Crippen molar-refractivity contribution in [1.29, 1.82) is 5.26 Å². The van der Waals surface area contributed by atoms with Crippen molar-refractivity contribution in [3.63, 3.8) is 0 Å². The van der Waals surface area contributed by atoms with Crippen LogP contribution >= 0.6 is 0 Å². The molecule has 0 saturated heterocycles. The van der Waals surface area contributed by atoms with Crippen molar-refractivity contribution in [3.8, 4) is 6.07 Å². The van der Waals surface area contributed by atoms with Gasteiger partial charge in [0, 0.05) is 0 Å². The largest absolute Gasteiger partial charge is 0.391 e. The molecule has 0 aliphatic rings. The number of hydrogen-bond donors (Lipinski definition) is 1. The highest BCUT2D eigenvalue weighted by Gasteiger charge is 2.24. The minimum absolute atomic E-state index is 0.169. The molecule has 0 rings (SSSR count). The predicted molar refractivity (Wildman–Crippen MR) is 44.8 cm³/mol. The molecule has 64 valence electrons. The molecule has 0 aromatic rings. The highest BCUT2D eigenvalue weighted by atomic mass is 16.3. The van der Waals surface area contributed by atoms with E-state index in [1.54, 1.807) is 0 Å². The first-order chi connectivity index (χ1) is 5.00. The van der Waals surface area contributed by atoms with Crippen LogP contribution in [0, 0.1) is 29.1 Å². The van der Waals surface area contributed by atoms with E-state index in [-0.39, 0.29) is 17.8 Å². The van der Waals surface area contributed by atoms with Crippen LogP contribution in [0.4, 0.5) is 0 Å². The third-order valence-electron chi connectivity index (χ3n) is 1.92. The molecule has 2 nitrogen and oxygen atoms in total. The smallest absolute Gasteiger partial charge is 0.0748 e. The third kappa shape index (κ3) is 2.90. The number of rotatable bonds is 3. The Morgan fingerprint density at radius 2 is 1.55 bits per heavy atom. The van der Waals surface area contributed by atoms with Crippen LogP contribution in [-0.2, 0) is 0 Å². The van der Waals surface area contributed by atoms with Crippen molar-refractivity contribution in [1.82, 2.24) is 0 Å². The Labute approximate surface area is 68.8 Å². The van der Waals surface area contributed by atoms with E-state index in [4.69, 9.17) is 5.26 Å². The number of nitriles is 1. The zero-order valence-electron chi connectivity index (χ0n) is 7.70. The van der Waals surface area contributed by atoms with Crippen LogP contribution in [0.15, 0.2) is 0 Å². The zero-order valence-corrected chi connectivity index (χ0v) is 7.70. The molecular formula is C9H17NO. The highest BCUT2D eigenvalue weighted by molar-refractivity contribution is 4.91. The summed E-state index contributed by atoms with van der Waals surface area (Å²) in [4.78, 5) is 0. The fourth-order valence-corrected chi connectivity index (χ4v) is 1.03. The number of aliphatic hydroxyl groups excluding tert-OH is 1. The van der Waals surface area contributed by atoms with E-state index in [9.17, 15) is 5.11 Å². The molecule has 2 atom stereocenters. The molecule has 2 heteroatoms. The summed E-state index contributed by atoms with van der Waals surface area (Å²) in [5, 5.41) is 18.2. The summed E-state index contributed by atoms with van der Waals surface area (Å²) in [6, 6.07) is 2.13. The van der Waals surface area contributed by atoms with Crippen molar-refractivity contribution in [2.24, 2.45) is 17.8 Å². The van der Waals surface area contributed by atoms with Crippen molar-refractivity contribution in [2.75, 3.05) is 0 Å². The van der Waals surface area contributed by atoms with E-state index >= 15 is 0 Å². The zero-order chi connectivity index (χ0) is 9.02. The highest BCUT2D eigenvalue weighted by Crippen LogP contribution is 2.19. The van der Waals surface area contributed by atoms with Gasteiger partial charge >= 0.3 is 0 Å². The molecule has 11 heavy (non-hydrogen) atoms. The maximum absolute atomic E-state index is 9.53. The van der Waals surface area contributed by atoms with Crippen LogP contribution in [0.3, 0.4) is 0 Å². The molecule has 0 aliphatic carbocycles. The van der Waals surface area contributed by atoms with Gasteiger partial charge in [-0.3, -0.25) is 0 Å². The molecule has 0 amide bonds. The molecule has 0 saturated carbocycles. The van der Waals surface area contributed by atoms with Gasteiger partial charge in [0.2, 0.25) is 0 Å². The number of hydrogen-bond acceptors (Lipinski definition) is 2. The molecule has 0 aromatic heterocycles. The Kier molecular flexibility index (Phi) is 4.14. The van der Waals surface area contributed by atoms with Gasteiger partial charge < -0.3 is 5.11 Å². The third-order valence-corrected chi connectivity index (χ3v) is 1.92. The average Bonchev–Trinajstić information content (AvgIpc) is 1.88. The topological polar surface area (TPSA) is 44.0 Å². The minimum Gasteiger partial charge on any atom is -0.391 e. The van der Waals surface area contributed by atoms with E-state index in [0.29, 0.717) is 0 Å². The molecule has 2 unspecified atom stereocenters. The van der Waals surface area contributed by atoms with Crippen LogP contribution < -0.4 is 0 Å². The van der Waals surface area contributed by atoms with Gasteiger partial charge in [-0.1, -0.05) is 27.7 Å². The first-order valence-electron chi connectivity index (χ1n) is 4.08. The van der Waals surface area contributed by atoms with Crippen LogP contribution in [-0.4, -0.2) is 11.2 Å². The molecule has 0 spiro atoms. The molecule has 0 fully saturated rings. The second kappa shape index (κ2) is 4.35. The number of nitrogens with zero attached hydrogens (tertiary/aromatic N) is 1. The first kappa shape index (κ1) is 10.4. The summed E-state index contributed by atoms with van der Waals surface area (Å²) in [6.45, 7) is 7.77. The Morgan fingerprint density at radius 3 is 1.64 bits per heavy atom. The lowest BCUT2D eigenvalue weighted by molar-refractivity contribution is 0.0685. The molecule has 0 aliphatic heterocycles. The van der Waals surface area contributed by atoms with Gasteiger partial charge in [0.15, 0.2) is 0 Å². The van der Waals surface area contributed by atoms with Crippen molar-refractivity contribution in [2.45, 2.75) is 33.8 Å². The fourth-order valence-electron chi connectivity index (χ4n) is 1.03. The van der Waals surface area contributed by atoms with Gasteiger partial charge in [-0.05, 0) is 11.8 Å². The lowest BCUT2D eigenvalue weighted by Gasteiger charge is -2.22. The summed E-state index contributed by atoms with van der Waals surface area (Å²) in [6.07, 6.45) is -0.486. The van der Waals surface area contributed by atoms with E-state index in [1.165, 1.54) is 0 Å². The molecule has 0 radical (unpaired) electrons. The minimum atomic E-state index is -0.486.